The Hall–Kier alpha value is -3.78. The third-order valence-corrected chi connectivity index (χ3v) is 6.96. The Morgan fingerprint density at radius 2 is 1.83 bits per heavy atom. The van der Waals surface area contributed by atoms with Gasteiger partial charge in [0.1, 0.15) is 29.7 Å². The van der Waals surface area contributed by atoms with Gasteiger partial charge in [-0.25, -0.2) is 4.98 Å². The molecule has 4 aromatic rings. The van der Waals surface area contributed by atoms with Crippen molar-refractivity contribution in [2.24, 2.45) is 7.05 Å². The smallest absolute Gasteiger partial charge is 0.239 e. The Morgan fingerprint density at radius 3 is 2.56 bits per heavy atom. The first-order valence-corrected chi connectivity index (χ1v) is 12.9. The number of hydrogen-bond donors (Lipinski definition) is 1. The van der Waals surface area contributed by atoms with E-state index >= 15 is 0 Å². The lowest BCUT2D eigenvalue weighted by molar-refractivity contribution is -0.124. The van der Waals surface area contributed by atoms with Crippen LogP contribution in [0.1, 0.15) is 22.5 Å². The molecule has 7 nitrogen and oxygen atoms in total. The number of nitrogens with one attached hydrogen (secondary N) is 1. The standard InChI is InChI=1S/C28H29N3O4S/c1-18-5-6-19(2)25(13-18)35-22-11-12-23-24(15-22)31(3)27(30-23)16-34-21-9-7-20(8-10-21)14-26(36-4)28(33)29-17-32/h5-13,15,17,26H,14,16H2,1-4H3,(H,29,32,33). The molecule has 0 saturated heterocycles. The number of hydrogen-bond acceptors (Lipinski definition) is 6. The van der Waals surface area contributed by atoms with Crippen LogP contribution in [0.25, 0.3) is 11.0 Å². The molecule has 3 aromatic carbocycles. The van der Waals surface area contributed by atoms with Gasteiger partial charge in [-0.3, -0.25) is 14.9 Å². The molecule has 8 heteroatoms. The molecule has 0 bridgehead atoms. The van der Waals surface area contributed by atoms with Gasteiger partial charge in [-0.05, 0) is 73.5 Å². The zero-order chi connectivity index (χ0) is 25.7. The number of carbonyl (C=O) groups excluding carboxylic acids is 2. The molecule has 0 fully saturated rings. The third-order valence-electron chi connectivity index (χ3n) is 6.01. The minimum atomic E-state index is -0.328. The van der Waals surface area contributed by atoms with Crippen molar-refractivity contribution in [3.63, 3.8) is 0 Å². The zero-order valence-corrected chi connectivity index (χ0v) is 21.6. The van der Waals surface area contributed by atoms with E-state index in [0.717, 1.165) is 45.0 Å². The summed E-state index contributed by atoms with van der Waals surface area (Å²) in [6, 6.07) is 19.7. The lowest BCUT2D eigenvalue weighted by atomic mass is 10.1. The molecule has 1 heterocycles. The van der Waals surface area contributed by atoms with Crippen LogP contribution >= 0.6 is 11.8 Å². The van der Waals surface area contributed by atoms with E-state index in [4.69, 9.17) is 14.5 Å². The van der Waals surface area contributed by atoms with Crippen LogP contribution in [0.3, 0.4) is 0 Å². The molecule has 0 spiro atoms. The molecule has 0 radical (unpaired) electrons. The van der Waals surface area contributed by atoms with Crippen LogP contribution in [0.15, 0.2) is 60.7 Å². The van der Waals surface area contributed by atoms with Gasteiger partial charge < -0.3 is 14.0 Å². The summed E-state index contributed by atoms with van der Waals surface area (Å²) in [5.74, 6) is 2.82. The fourth-order valence-electron chi connectivity index (χ4n) is 3.87. The van der Waals surface area contributed by atoms with Crippen LogP contribution in [0, 0.1) is 13.8 Å². The maximum atomic E-state index is 11.9. The monoisotopic (exact) mass is 503 g/mol. The van der Waals surface area contributed by atoms with Gasteiger partial charge in [-0.1, -0.05) is 24.3 Å². The summed E-state index contributed by atoms with van der Waals surface area (Å²) in [4.78, 5) is 27.2. The number of thioether (sulfide) groups is 1. The summed E-state index contributed by atoms with van der Waals surface area (Å²) >= 11 is 1.41. The second kappa shape index (κ2) is 11.3. The molecular formula is C28H29N3O4S. The second-order valence-corrected chi connectivity index (χ2v) is 9.64. The number of benzene rings is 3. The molecule has 0 aliphatic heterocycles. The predicted octanol–water partition coefficient (Wildman–Crippen LogP) is 5.11. The fraction of sp³-hybridized carbons (Fsp3) is 0.250. The molecule has 0 aliphatic rings. The predicted molar refractivity (Wildman–Crippen MR) is 143 cm³/mol. The summed E-state index contributed by atoms with van der Waals surface area (Å²) in [5, 5.41) is 1.89. The Kier molecular flexibility index (Phi) is 7.95. The third kappa shape index (κ3) is 5.88. The zero-order valence-electron chi connectivity index (χ0n) is 20.8. The number of imidazole rings is 1. The van der Waals surface area contributed by atoms with E-state index < -0.39 is 0 Å². The highest BCUT2D eigenvalue weighted by Crippen LogP contribution is 2.29. The Labute approximate surface area is 214 Å². The first kappa shape index (κ1) is 25.3. The molecule has 0 aliphatic carbocycles. The summed E-state index contributed by atoms with van der Waals surface area (Å²) < 4.78 is 14.1. The molecule has 186 valence electrons. The summed E-state index contributed by atoms with van der Waals surface area (Å²) in [6.07, 6.45) is 2.79. The average Bonchev–Trinajstić information content (AvgIpc) is 3.19. The lowest BCUT2D eigenvalue weighted by Gasteiger charge is -2.13. The van der Waals surface area contributed by atoms with Crippen molar-refractivity contribution < 1.29 is 19.1 Å². The Balaban J connectivity index is 1.42. The van der Waals surface area contributed by atoms with Crippen molar-refractivity contribution in [1.82, 2.24) is 14.9 Å². The Bertz CT molecular complexity index is 1380. The summed E-state index contributed by atoms with van der Waals surface area (Å²) in [5.41, 5.74) is 5.05. The van der Waals surface area contributed by atoms with Crippen LogP contribution in [-0.4, -0.2) is 33.4 Å². The van der Waals surface area contributed by atoms with Crippen LogP contribution in [0.4, 0.5) is 0 Å². The molecule has 1 aromatic heterocycles. The second-order valence-electron chi connectivity index (χ2n) is 8.60. The highest BCUT2D eigenvalue weighted by Gasteiger charge is 2.17. The van der Waals surface area contributed by atoms with E-state index in [1.54, 1.807) is 0 Å². The van der Waals surface area contributed by atoms with Gasteiger partial charge in [0, 0.05) is 13.1 Å². The summed E-state index contributed by atoms with van der Waals surface area (Å²) in [6.45, 7) is 4.39. The molecule has 1 N–H and O–H groups in total. The van der Waals surface area contributed by atoms with Crippen molar-refractivity contribution in [2.45, 2.75) is 32.1 Å². The Morgan fingerprint density at radius 1 is 1.08 bits per heavy atom. The molecule has 2 amide bonds. The number of aromatic nitrogens is 2. The van der Waals surface area contributed by atoms with Gasteiger partial charge in [0.05, 0.1) is 16.3 Å². The van der Waals surface area contributed by atoms with Gasteiger partial charge in [0.15, 0.2) is 0 Å². The van der Waals surface area contributed by atoms with Gasteiger partial charge in [-0.15, -0.1) is 0 Å². The van der Waals surface area contributed by atoms with Crippen molar-refractivity contribution >= 4 is 35.1 Å². The topological polar surface area (TPSA) is 82.4 Å². The quantitative estimate of drug-likeness (QED) is 0.303. The molecule has 1 atom stereocenters. The van der Waals surface area contributed by atoms with Crippen LogP contribution in [0.2, 0.25) is 0 Å². The maximum Gasteiger partial charge on any atom is 0.239 e. The van der Waals surface area contributed by atoms with E-state index in [2.05, 4.69) is 17.4 Å². The number of ether oxygens (including phenoxy) is 2. The van der Waals surface area contributed by atoms with E-state index in [0.29, 0.717) is 25.2 Å². The molecular weight excluding hydrogens is 474 g/mol. The number of amides is 2. The number of aryl methyl sites for hydroxylation is 3. The molecule has 36 heavy (non-hydrogen) atoms. The maximum absolute atomic E-state index is 11.9. The van der Waals surface area contributed by atoms with Crippen molar-refractivity contribution in [1.29, 1.82) is 0 Å². The number of fused-ring (bicyclic) bond motifs is 1. The van der Waals surface area contributed by atoms with Crippen LogP contribution in [0.5, 0.6) is 17.2 Å². The number of nitrogens with zero attached hydrogens (tertiary/aromatic N) is 2. The SMILES string of the molecule is CSC(Cc1ccc(OCc2nc3ccc(Oc4cc(C)ccc4C)cc3n2C)cc1)C(=O)NC=O. The summed E-state index contributed by atoms with van der Waals surface area (Å²) in [7, 11) is 1.96. The van der Waals surface area contributed by atoms with Crippen molar-refractivity contribution in [3.05, 3.63) is 83.2 Å². The van der Waals surface area contributed by atoms with Crippen molar-refractivity contribution in [3.8, 4) is 17.2 Å². The van der Waals surface area contributed by atoms with E-state index in [-0.39, 0.29) is 11.2 Å². The highest BCUT2D eigenvalue weighted by atomic mass is 32.2. The first-order chi connectivity index (χ1) is 17.4. The van der Waals surface area contributed by atoms with E-state index in [1.807, 2.05) is 80.2 Å². The highest BCUT2D eigenvalue weighted by molar-refractivity contribution is 7.99. The number of carbonyl (C=O) groups is 2. The van der Waals surface area contributed by atoms with Gasteiger partial charge in [-0.2, -0.15) is 11.8 Å². The molecule has 1 unspecified atom stereocenters. The van der Waals surface area contributed by atoms with Crippen LogP contribution < -0.4 is 14.8 Å². The van der Waals surface area contributed by atoms with E-state index in [9.17, 15) is 9.59 Å². The largest absolute Gasteiger partial charge is 0.486 e. The first-order valence-electron chi connectivity index (χ1n) is 11.6. The minimum Gasteiger partial charge on any atom is -0.486 e. The van der Waals surface area contributed by atoms with Crippen LogP contribution in [-0.2, 0) is 29.7 Å². The normalized spacial score (nSPS) is 11.8. The lowest BCUT2D eigenvalue weighted by Crippen LogP contribution is -2.32. The molecule has 0 saturated carbocycles. The number of rotatable bonds is 10. The van der Waals surface area contributed by atoms with E-state index in [1.165, 1.54) is 11.8 Å². The van der Waals surface area contributed by atoms with Gasteiger partial charge in [0.2, 0.25) is 12.3 Å². The number of imide groups is 1. The van der Waals surface area contributed by atoms with Gasteiger partial charge >= 0.3 is 0 Å². The average molecular weight is 504 g/mol. The molecule has 4 rings (SSSR count). The minimum absolute atomic E-state index is 0.290. The fourth-order valence-corrected chi connectivity index (χ4v) is 4.52. The van der Waals surface area contributed by atoms with Crippen molar-refractivity contribution in [2.75, 3.05) is 6.26 Å². The van der Waals surface area contributed by atoms with Gasteiger partial charge in [0.25, 0.3) is 0 Å².